The van der Waals surface area contributed by atoms with Crippen LogP contribution in [0.5, 0.6) is 0 Å². The van der Waals surface area contributed by atoms with Gasteiger partial charge in [0.05, 0.1) is 22.2 Å². The highest BCUT2D eigenvalue weighted by Gasteiger charge is 2.46. The number of hydrogen-bond donors (Lipinski definition) is 1. The molecule has 1 aromatic carbocycles. The van der Waals surface area contributed by atoms with Crippen LogP contribution in [-0.2, 0) is 0 Å². The van der Waals surface area contributed by atoms with Crippen molar-refractivity contribution in [1.29, 1.82) is 5.26 Å². The second kappa shape index (κ2) is 5.63. The minimum absolute atomic E-state index is 0.0801. The molecule has 1 heterocycles. The molecule has 3 nitrogen and oxygen atoms in total. The number of halogens is 1. The van der Waals surface area contributed by atoms with Gasteiger partial charge in [-0.2, -0.15) is 5.26 Å². The molecule has 0 bridgehead atoms. The maximum Gasteiger partial charge on any atom is 0.101 e. The third-order valence-electron chi connectivity index (χ3n) is 4.32. The fourth-order valence-electron chi connectivity index (χ4n) is 3.32. The SMILES string of the molecule is CCC1(O)CCN(c2ccc(C#N)c(Cl)c2)C1C(C)C. The first-order chi connectivity index (χ1) is 9.42. The highest BCUT2D eigenvalue weighted by molar-refractivity contribution is 6.32. The number of hydrogen-bond acceptors (Lipinski definition) is 3. The van der Waals surface area contributed by atoms with Crippen LogP contribution in [0.15, 0.2) is 18.2 Å². The Morgan fingerprint density at radius 1 is 1.55 bits per heavy atom. The molecule has 1 aliphatic heterocycles. The number of nitriles is 1. The van der Waals surface area contributed by atoms with E-state index in [1.54, 1.807) is 6.07 Å². The van der Waals surface area contributed by atoms with E-state index >= 15 is 0 Å². The lowest BCUT2D eigenvalue weighted by molar-refractivity contribution is 0.0148. The summed E-state index contributed by atoms with van der Waals surface area (Å²) in [6, 6.07) is 7.65. The lowest BCUT2D eigenvalue weighted by Crippen LogP contribution is -2.47. The Morgan fingerprint density at radius 2 is 2.25 bits per heavy atom. The molecule has 1 saturated heterocycles. The van der Waals surface area contributed by atoms with Crippen LogP contribution in [0.3, 0.4) is 0 Å². The van der Waals surface area contributed by atoms with Crippen LogP contribution in [-0.4, -0.2) is 23.3 Å². The van der Waals surface area contributed by atoms with Gasteiger partial charge >= 0.3 is 0 Å². The summed E-state index contributed by atoms with van der Waals surface area (Å²) in [6.07, 6.45) is 1.51. The van der Waals surface area contributed by atoms with E-state index in [1.807, 2.05) is 19.1 Å². The van der Waals surface area contributed by atoms with Gasteiger partial charge < -0.3 is 10.0 Å². The molecule has 1 aromatic rings. The highest BCUT2D eigenvalue weighted by Crippen LogP contribution is 2.39. The molecule has 20 heavy (non-hydrogen) atoms. The molecule has 1 aliphatic rings. The highest BCUT2D eigenvalue weighted by atomic mass is 35.5. The average Bonchev–Trinajstić information content (AvgIpc) is 2.77. The van der Waals surface area contributed by atoms with Gasteiger partial charge in [0, 0.05) is 12.2 Å². The first-order valence-corrected chi connectivity index (χ1v) is 7.49. The van der Waals surface area contributed by atoms with Gasteiger partial charge in [-0.05, 0) is 37.0 Å². The molecule has 0 spiro atoms. The molecule has 0 radical (unpaired) electrons. The zero-order chi connectivity index (χ0) is 14.9. The van der Waals surface area contributed by atoms with E-state index in [1.165, 1.54) is 0 Å². The molecule has 2 atom stereocenters. The molecule has 2 unspecified atom stereocenters. The first-order valence-electron chi connectivity index (χ1n) is 7.11. The second-order valence-corrected chi connectivity index (χ2v) is 6.27. The topological polar surface area (TPSA) is 47.3 Å². The maximum atomic E-state index is 10.8. The zero-order valence-electron chi connectivity index (χ0n) is 12.2. The Bertz CT molecular complexity index is 538. The van der Waals surface area contributed by atoms with Crippen molar-refractivity contribution in [2.45, 2.75) is 45.3 Å². The summed E-state index contributed by atoms with van der Waals surface area (Å²) < 4.78 is 0. The van der Waals surface area contributed by atoms with Crippen LogP contribution in [0.4, 0.5) is 5.69 Å². The normalized spacial score (nSPS) is 26.1. The van der Waals surface area contributed by atoms with Crippen molar-refractivity contribution in [2.75, 3.05) is 11.4 Å². The number of aliphatic hydroxyl groups is 1. The number of anilines is 1. The summed E-state index contributed by atoms with van der Waals surface area (Å²) in [7, 11) is 0. The van der Waals surface area contributed by atoms with Gasteiger partial charge in [0.25, 0.3) is 0 Å². The molecule has 4 heteroatoms. The molecular formula is C16H21ClN2O. The van der Waals surface area contributed by atoms with Crippen LogP contribution in [0.2, 0.25) is 5.02 Å². The molecule has 1 N–H and O–H groups in total. The van der Waals surface area contributed by atoms with Crippen LogP contribution in [0.25, 0.3) is 0 Å². The Labute approximate surface area is 125 Å². The van der Waals surface area contributed by atoms with Gasteiger partial charge in [-0.25, -0.2) is 0 Å². The lowest BCUT2D eigenvalue weighted by Gasteiger charge is -2.37. The quantitative estimate of drug-likeness (QED) is 0.926. The first kappa shape index (κ1) is 15.2. The molecule has 0 amide bonds. The largest absolute Gasteiger partial charge is 0.388 e. The van der Waals surface area contributed by atoms with Crippen molar-refractivity contribution < 1.29 is 5.11 Å². The Kier molecular flexibility index (Phi) is 4.27. The minimum Gasteiger partial charge on any atom is -0.388 e. The minimum atomic E-state index is -0.644. The summed E-state index contributed by atoms with van der Waals surface area (Å²) in [4.78, 5) is 2.22. The van der Waals surface area contributed by atoms with Gasteiger partial charge in [0.2, 0.25) is 0 Å². The summed E-state index contributed by atoms with van der Waals surface area (Å²) >= 11 is 6.13. The zero-order valence-corrected chi connectivity index (χ0v) is 13.0. The molecule has 2 rings (SSSR count). The lowest BCUT2D eigenvalue weighted by atomic mass is 9.84. The summed E-state index contributed by atoms with van der Waals surface area (Å²) in [6.45, 7) is 7.11. The van der Waals surface area contributed by atoms with E-state index in [2.05, 4.69) is 24.8 Å². The maximum absolute atomic E-state index is 10.8. The van der Waals surface area contributed by atoms with Crippen molar-refractivity contribution in [3.8, 4) is 6.07 Å². The van der Waals surface area contributed by atoms with Crippen LogP contribution in [0, 0.1) is 17.2 Å². The Hall–Kier alpha value is -1.24. The summed E-state index contributed by atoms with van der Waals surface area (Å²) in [5.41, 5.74) is 0.827. The van der Waals surface area contributed by atoms with E-state index in [4.69, 9.17) is 16.9 Å². The van der Waals surface area contributed by atoms with Crippen molar-refractivity contribution in [3.63, 3.8) is 0 Å². The van der Waals surface area contributed by atoms with Crippen molar-refractivity contribution in [2.24, 2.45) is 5.92 Å². The molecule has 108 valence electrons. The second-order valence-electron chi connectivity index (χ2n) is 5.87. The third-order valence-corrected chi connectivity index (χ3v) is 4.63. The number of rotatable bonds is 3. The van der Waals surface area contributed by atoms with E-state index in [9.17, 15) is 5.11 Å². The van der Waals surface area contributed by atoms with Crippen LogP contribution >= 0.6 is 11.6 Å². The predicted octanol–water partition coefficient (Wildman–Crippen LogP) is 3.59. The average molecular weight is 293 g/mol. The molecule has 0 aliphatic carbocycles. The smallest absolute Gasteiger partial charge is 0.101 e. The Morgan fingerprint density at radius 3 is 2.75 bits per heavy atom. The van der Waals surface area contributed by atoms with Gasteiger partial charge in [-0.3, -0.25) is 0 Å². The number of benzene rings is 1. The molecule has 1 fully saturated rings. The van der Waals surface area contributed by atoms with Gasteiger partial charge in [-0.15, -0.1) is 0 Å². The van der Waals surface area contributed by atoms with E-state index in [0.29, 0.717) is 16.5 Å². The third kappa shape index (κ3) is 2.51. The van der Waals surface area contributed by atoms with Crippen molar-refractivity contribution in [3.05, 3.63) is 28.8 Å². The van der Waals surface area contributed by atoms with Crippen LogP contribution < -0.4 is 4.90 Å². The summed E-state index contributed by atoms with van der Waals surface area (Å²) in [5, 5.41) is 20.2. The van der Waals surface area contributed by atoms with Gasteiger partial charge in [-0.1, -0.05) is 32.4 Å². The van der Waals surface area contributed by atoms with Crippen molar-refractivity contribution in [1.82, 2.24) is 0 Å². The fourth-order valence-corrected chi connectivity index (χ4v) is 3.54. The Balaban J connectivity index is 2.38. The predicted molar refractivity (Wildman–Crippen MR) is 82.0 cm³/mol. The molecular weight excluding hydrogens is 272 g/mol. The van der Waals surface area contributed by atoms with E-state index < -0.39 is 5.60 Å². The fraction of sp³-hybridized carbons (Fsp3) is 0.562. The van der Waals surface area contributed by atoms with Gasteiger partial charge in [0.15, 0.2) is 0 Å². The number of nitrogens with zero attached hydrogens (tertiary/aromatic N) is 2. The van der Waals surface area contributed by atoms with E-state index in [0.717, 1.165) is 25.1 Å². The van der Waals surface area contributed by atoms with Gasteiger partial charge in [0.1, 0.15) is 6.07 Å². The van der Waals surface area contributed by atoms with E-state index in [-0.39, 0.29) is 6.04 Å². The monoisotopic (exact) mass is 292 g/mol. The molecule has 0 aromatic heterocycles. The molecule has 0 saturated carbocycles. The summed E-state index contributed by atoms with van der Waals surface area (Å²) in [5.74, 6) is 0.344. The standard InChI is InChI=1S/C16H21ClN2O/c1-4-16(20)7-8-19(15(16)11(2)3)13-6-5-12(10-18)14(17)9-13/h5-6,9,11,15,20H,4,7-8H2,1-3H3. The van der Waals surface area contributed by atoms with Crippen LogP contribution in [0.1, 0.15) is 39.2 Å². The van der Waals surface area contributed by atoms with Crippen molar-refractivity contribution >= 4 is 17.3 Å².